The van der Waals surface area contributed by atoms with Crippen LogP contribution in [0.2, 0.25) is 0 Å². The van der Waals surface area contributed by atoms with Gasteiger partial charge < -0.3 is 0 Å². The summed E-state index contributed by atoms with van der Waals surface area (Å²) in [6, 6.07) is 191. The summed E-state index contributed by atoms with van der Waals surface area (Å²) >= 11 is 0. The Bertz CT molecular complexity index is 9460. The minimum atomic E-state index is 1.22. The molecule has 0 aliphatic rings. The number of benzene rings is 28. The molecule has 0 aromatic heterocycles. The molecule has 0 nitrogen and oxygen atoms in total. The highest BCUT2D eigenvalue weighted by Gasteiger charge is 2.24. The fraction of sp³-hybridized carbons (Fsp3) is 0. The van der Waals surface area contributed by atoms with Crippen LogP contribution in [0.1, 0.15) is 0 Å². The SMILES string of the molecule is c1ccc(-c2c3ccccc3c(-c3ccc(-c4ccc5c6ccccc6c6ccccc6c5c4)cc3)c3ccccc23)cc1.c1ccc(-c2c3ccccc3c(-c3cccc(-c4cc5c6ccccc6c6ccccc6c5c5ccccc45)c3)c3ccccc23)cc1.c1ccc(-c2c3ccccc3c(-c3cccc(-c4ccc5c6ccccc6c6ccccc6c5c4)c3)c3ccccc23)cc1. The molecule has 0 heteroatoms. The second kappa shape index (κ2) is 33.3. The van der Waals surface area contributed by atoms with Gasteiger partial charge in [0.05, 0.1) is 0 Å². The molecule has 0 aliphatic heterocycles. The molecule has 0 unspecified atom stereocenters. The Morgan fingerprint density at radius 3 is 0.566 bits per heavy atom. The molecule has 0 bridgehead atoms. The third-order valence-corrected chi connectivity index (χ3v) is 28.7. The van der Waals surface area contributed by atoms with Gasteiger partial charge in [0.25, 0.3) is 0 Å². The highest BCUT2D eigenvalue weighted by molar-refractivity contribution is 6.34. The molecule has 0 radical (unpaired) electrons. The van der Waals surface area contributed by atoms with Crippen LogP contribution in [0.4, 0.5) is 0 Å². The van der Waals surface area contributed by atoms with Gasteiger partial charge in [-0.1, -0.05) is 491 Å². The maximum absolute atomic E-state index is 2.44. The van der Waals surface area contributed by atoms with Crippen molar-refractivity contribution in [3.8, 4) is 100 Å². The zero-order valence-corrected chi connectivity index (χ0v) is 74.7. The summed E-state index contributed by atoms with van der Waals surface area (Å²) in [5.74, 6) is 0. The maximum Gasteiger partial charge on any atom is -0.00199 e. The lowest BCUT2D eigenvalue weighted by Crippen LogP contribution is -1.91. The molecule has 0 saturated heterocycles. The molecular formula is C136H86. The van der Waals surface area contributed by atoms with Crippen molar-refractivity contribution in [3.05, 3.63) is 522 Å². The molecule has 0 spiro atoms. The van der Waals surface area contributed by atoms with Crippen molar-refractivity contribution in [2.45, 2.75) is 0 Å². The largest absolute Gasteiger partial charge is 0.0622 e. The lowest BCUT2D eigenvalue weighted by Gasteiger charge is -2.19. The average molecular weight is 1720 g/mol. The van der Waals surface area contributed by atoms with E-state index in [1.165, 1.54) is 273 Å². The molecule has 0 N–H and O–H groups in total. The van der Waals surface area contributed by atoms with Crippen molar-refractivity contribution in [2.24, 2.45) is 0 Å². The Morgan fingerprint density at radius 1 is 0.0735 bits per heavy atom. The minimum Gasteiger partial charge on any atom is -0.0622 e. The minimum absolute atomic E-state index is 1.22. The Labute approximate surface area is 788 Å². The van der Waals surface area contributed by atoms with E-state index in [1.54, 1.807) is 0 Å². The number of fused-ring (bicyclic) bond motifs is 26. The molecule has 0 saturated carbocycles. The predicted molar refractivity (Wildman–Crippen MR) is 588 cm³/mol. The van der Waals surface area contributed by atoms with Crippen LogP contribution < -0.4 is 0 Å². The molecule has 136 heavy (non-hydrogen) atoms. The smallest absolute Gasteiger partial charge is 0.00199 e. The molecule has 0 atom stereocenters. The highest BCUT2D eigenvalue weighted by atomic mass is 14.3. The van der Waals surface area contributed by atoms with Crippen molar-refractivity contribution in [3.63, 3.8) is 0 Å². The lowest BCUT2D eigenvalue weighted by atomic mass is 9.84. The second-order valence-electron chi connectivity index (χ2n) is 36.0. The molecule has 28 aromatic carbocycles. The van der Waals surface area contributed by atoms with Gasteiger partial charge in [-0.2, -0.15) is 0 Å². The van der Waals surface area contributed by atoms with Gasteiger partial charge in [-0.25, -0.2) is 0 Å². The summed E-state index contributed by atoms with van der Waals surface area (Å²) in [4.78, 5) is 0. The molecule has 28 aromatic rings. The van der Waals surface area contributed by atoms with Crippen LogP contribution in [0.15, 0.2) is 522 Å². The normalized spacial score (nSPS) is 11.7. The average Bonchev–Trinajstić information content (AvgIpc) is 0.719. The van der Waals surface area contributed by atoms with Gasteiger partial charge >= 0.3 is 0 Å². The molecule has 0 fully saturated rings. The third kappa shape index (κ3) is 13.3. The summed E-state index contributed by atoms with van der Waals surface area (Å²) in [7, 11) is 0. The van der Waals surface area contributed by atoms with Gasteiger partial charge in [0.15, 0.2) is 0 Å². The number of rotatable bonds is 9. The van der Waals surface area contributed by atoms with E-state index in [2.05, 4.69) is 522 Å². The van der Waals surface area contributed by atoms with Crippen molar-refractivity contribution in [1.29, 1.82) is 0 Å². The first-order valence-electron chi connectivity index (χ1n) is 47.3. The maximum atomic E-state index is 2.44. The van der Waals surface area contributed by atoms with Gasteiger partial charge in [0.2, 0.25) is 0 Å². The Kier molecular flexibility index (Phi) is 19.4. The summed E-state index contributed by atoms with van der Waals surface area (Å²) in [5, 5.41) is 41.4. The zero-order valence-electron chi connectivity index (χ0n) is 74.7. The van der Waals surface area contributed by atoms with Crippen LogP contribution in [0.25, 0.3) is 273 Å². The van der Waals surface area contributed by atoms with Crippen molar-refractivity contribution in [1.82, 2.24) is 0 Å². The van der Waals surface area contributed by atoms with Gasteiger partial charge in [0.1, 0.15) is 0 Å². The van der Waals surface area contributed by atoms with Gasteiger partial charge in [-0.15, -0.1) is 0 Å². The molecular weight excluding hydrogens is 1630 g/mol. The van der Waals surface area contributed by atoms with Crippen LogP contribution in [0.3, 0.4) is 0 Å². The molecule has 0 heterocycles. The predicted octanol–water partition coefficient (Wildman–Crippen LogP) is 38.5. The Hall–Kier alpha value is -17.7. The standard InChI is InChI=1S/C48H30.2C44H28/c1-2-15-31(16-3-1)46-40-25-10-12-27-42(40)47(43-28-13-11-26-41(43)46)33-18-14-17-32(29-33)44-30-45-36-21-5-4-19-34(36)35-20-6-8-23-38(35)48(45)39-24-9-7-22-37(39)44;1-2-13-29(14-3-1)43-38-21-8-10-23-40(38)44(41-24-11-9-22-39(41)43)32-16-12-15-30(27-32)31-25-26-37-35-19-5-4-17-33(35)34-18-6-7-20-36(34)42(37)28-31;1-2-12-30(13-3-1)43-38-18-8-10-20-40(38)44(41-21-11-9-19-39(41)43)31-24-22-29(23-25-31)32-26-27-37-35-16-5-4-14-33(35)34-15-6-7-17-36(34)42(37)28-32/h1-30H;2*1-28H. The zero-order chi connectivity index (χ0) is 89.7. The second-order valence-corrected chi connectivity index (χ2v) is 36.0. The van der Waals surface area contributed by atoms with E-state index < -0.39 is 0 Å². The molecule has 0 amide bonds. The van der Waals surface area contributed by atoms with E-state index in [9.17, 15) is 0 Å². The Morgan fingerprint density at radius 2 is 0.250 bits per heavy atom. The van der Waals surface area contributed by atoms with Crippen LogP contribution in [-0.2, 0) is 0 Å². The molecule has 630 valence electrons. The highest BCUT2D eigenvalue weighted by Crippen LogP contribution is 2.52. The Balaban J connectivity index is 0.000000106. The summed E-state index contributed by atoms with van der Waals surface area (Å²) in [5.41, 5.74) is 22.6. The first-order valence-corrected chi connectivity index (χ1v) is 47.3. The first-order chi connectivity index (χ1) is 67.5. The fourth-order valence-electron chi connectivity index (χ4n) is 22.8. The molecule has 28 rings (SSSR count). The van der Waals surface area contributed by atoms with E-state index >= 15 is 0 Å². The monoisotopic (exact) mass is 1720 g/mol. The van der Waals surface area contributed by atoms with Crippen LogP contribution in [-0.4, -0.2) is 0 Å². The van der Waals surface area contributed by atoms with Crippen LogP contribution in [0, 0.1) is 0 Å². The van der Waals surface area contributed by atoms with Crippen molar-refractivity contribution >= 4 is 172 Å². The van der Waals surface area contributed by atoms with E-state index in [0.29, 0.717) is 0 Å². The van der Waals surface area contributed by atoms with E-state index in [1.807, 2.05) is 0 Å². The van der Waals surface area contributed by atoms with Gasteiger partial charge in [0, 0.05) is 0 Å². The third-order valence-electron chi connectivity index (χ3n) is 28.7. The summed E-state index contributed by atoms with van der Waals surface area (Å²) in [6.07, 6.45) is 0. The number of hydrogen-bond acceptors (Lipinski definition) is 0. The molecule has 0 aliphatic carbocycles. The van der Waals surface area contributed by atoms with Gasteiger partial charge in [-0.3, -0.25) is 0 Å². The van der Waals surface area contributed by atoms with Crippen LogP contribution in [0.5, 0.6) is 0 Å². The van der Waals surface area contributed by atoms with Gasteiger partial charge in [-0.05, 0) is 303 Å². The van der Waals surface area contributed by atoms with Crippen LogP contribution >= 0.6 is 0 Å². The van der Waals surface area contributed by atoms with E-state index in [4.69, 9.17) is 0 Å². The topological polar surface area (TPSA) is 0 Å². The van der Waals surface area contributed by atoms with E-state index in [0.717, 1.165) is 0 Å². The summed E-state index contributed by atoms with van der Waals surface area (Å²) < 4.78 is 0. The first kappa shape index (κ1) is 79.3. The fourth-order valence-corrected chi connectivity index (χ4v) is 22.8. The lowest BCUT2D eigenvalue weighted by molar-refractivity contribution is 1.63. The van der Waals surface area contributed by atoms with Crippen molar-refractivity contribution in [2.75, 3.05) is 0 Å². The van der Waals surface area contributed by atoms with Crippen molar-refractivity contribution < 1.29 is 0 Å². The summed E-state index contributed by atoms with van der Waals surface area (Å²) in [6.45, 7) is 0. The quantitative estimate of drug-likeness (QED) is 0.0998. The van der Waals surface area contributed by atoms with E-state index in [-0.39, 0.29) is 0 Å². The number of hydrogen-bond donors (Lipinski definition) is 0.